The van der Waals surface area contributed by atoms with Crippen LogP contribution in [-0.2, 0) is 10.0 Å². The minimum absolute atomic E-state index is 0.0675. The standard InChI is InChI=1S/C29H28N2O3S/c1-20-13-17-25(18-14-20)31-35(33,34)27-19-24(16-15-22(27)3)29(32)30-28(23-10-5-4-6-11-23)26-12-8-7-9-21(26)2/h4-19,28,31H,1-3H3,(H,30,32). The molecule has 5 nitrogen and oxygen atoms in total. The Morgan fingerprint density at radius 1 is 0.743 bits per heavy atom. The normalized spacial score (nSPS) is 12.1. The molecule has 35 heavy (non-hydrogen) atoms. The molecule has 0 aliphatic heterocycles. The SMILES string of the molecule is Cc1ccc(NS(=O)(=O)c2cc(C(=O)NC(c3ccccc3)c3ccccc3C)ccc2C)cc1. The third-order valence-electron chi connectivity index (χ3n) is 5.95. The Labute approximate surface area is 206 Å². The highest BCUT2D eigenvalue weighted by Gasteiger charge is 2.22. The zero-order valence-electron chi connectivity index (χ0n) is 19.9. The van der Waals surface area contributed by atoms with Crippen molar-refractivity contribution in [3.8, 4) is 0 Å². The van der Waals surface area contributed by atoms with E-state index < -0.39 is 10.0 Å². The van der Waals surface area contributed by atoms with Crippen LogP contribution in [0.3, 0.4) is 0 Å². The van der Waals surface area contributed by atoms with Crippen LogP contribution in [0.4, 0.5) is 5.69 Å². The minimum Gasteiger partial charge on any atom is -0.341 e. The van der Waals surface area contributed by atoms with Crippen LogP contribution in [0.15, 0.2) is 102 Å². The van der Waals surface area contributed by atoms with E-state index in [4.69, 9.17) is 0 Å². The van der Waals surface area contributed by atoms with Crippen LogP contribution in [0.2, 0.25) is 0 Å². The Kier molecular flexibility index (Phi) is 7.03. The number of benzene rings is 4. The van der Waals surface area contributed by atoms with Crippen LogP contribution >= 0.6 is 0 Å². The predicted molar refractivity (Wildman–Crippen MR) is 140 cm³/mol. The van der Waals surface area contributed by atoms with Gasteiger partial charge in [-0.3, -0.25) is 9.52 Å². The second kappa shape index (κ2) is 10.2. The Hall–Kier alpha value is -3.90. The molecule has 4 aromatic rings. The van der Waals surface area contributed by atoms with Gasteiger partial charge in [0.25, 0.3) is 15.9 Å². The average molecular weight is 485 g/mol. The third-order valence-corrected chi connectivity index (χ3v) is 7.47. The van der Waals surface area contributed by atoms with Gasteiger partial charge in [-0.2, -0.15) is 0 Å². The minimum atomic E-state index is -3.88. The molecule has 0 aromatic heterocycles. The maximum absolute atomic E-state index is 13.4. The number of nitrogens with one attached hydrogen (secondary N) is 2. The maximum atomic E-state index is 13.4. The fourth-order valence-electron chi connectivity index (χ4n) is 3.97. The van der Waals surface area contributed by atoms with Gasteiger partial charge in [0, 0.05) is 11.3 Å². The Bertz CT molecular complexity index is 1450. The summed E-state index contributed by atoms with van der Waals surface area (Å²) in [5.74, 6) is -0.353. The van der Waals surface area contributed by atoms with E-state index in [1.54, 1.807) is 31.2 Å². The smallest absolute Gasteiger partial charge is 0.262 e. The van der Waals surface area contributed by atoms with Crippen LogP contribution in [0.1, 0.15) is 44.2 Å². The highest BCUT2D eigenvalue weighted by Crippen LogP contribution is 2.26. The van der Waals surface area contributed by atoms with Gasteiger partial charge >= 0.3 is 0 Å². The fourth-order valence-corrected chi connectivity index (χ4v) is 5.30. The molecule has 0 saturated heterocycles. The number of sulfonamides is 1. The summed E-state index contributed by atoms with van der Waals surface area (Å²) in [6.45, 7) is 5.65. The van der Waals surface area contributed by atoms with Gasteiger partial charge in [-0.05, 0) is 67.3 Å². The zero-order chi connectivity index (χ0) is 25.0. The molecule has 4 aromatic carbocycles. The number of rotatable bonds is 7. The predicted octanol–water partition coefficient (Wildman–Crippen LogP) is 5.93. The molecule has 0 aliphatic rings. The number of anilines is 1. The van der Waals surface area contributed by atoms with Gasteiger partial charge in [0.15, 0.2) is 0 Å². The van der Waals surface area contributed by atoms with E-state index in [0.29, 0.717) is 11.3 Å². The number of aryl methyl sites for hydroxylation is 3. The second-order valence-electron chi connectivity index (χ2n) is 8.63. The quantitative estimate of drug-likeness (QED) is 0.341. The number of carbonyl (C=O) groups is 1. The number of amides is 1. The Morgan fingerprint density at radius 2 is 1.40 bits per heavy atom. The van der Waals surface area contributed by atoms with Crippen LogP contribution in [0, 0.1) is 20.8 Å². The first-order valence-electron chi connectivity index (χ1n) is 11.4. The Balaban J connectivity index is 1.66. The molecular weight excluding hydrogens is 456 g/mol. The molecule has 0 aliphatic carbocycles. The van der Waals surface area contributed by atoms with Crippen molar-refractivity contribution in [1.29, 1.82) is 0 Å². The molecule has 4 rings (SSSR count). The van der Waals surface area contributed by atoms with Crippen molar-refractivity contribution in [2.75, 3.05) is 4.72 Å². The van der Waals surface area contributed by atoms with E-state index in [9.17, 15) is 13.2 Å². The van der Waals surface area contributed by atoms with Gasteiger partial charge in [0.2, 0.25) is 0 Å². The molecular formula is C29H28N2O3S. The topological polar surface area (TPSA) is 75.3 Å². The molecule has 1 atom stereocenters. The lowest BCUT2D eigenvalue weighted by molar-refractivity contribution is 0.0942. The summed E-state index contributed by atoms with van der Waals surface area (Å²) in [6, 6.07) is 29.1. The fraction of sp³-hybridized carbons (Fsp3) is 0.138. The van der Waals surface area contributed by atoms with Gasteiger partial charge in [0.05, 0.1) is 10.9 Å². The first kappa shape index (κ1) is 24.2. The van der Waals surface area contributed by atoms with Crippen molar-refractivity contribution in [3.63, 3.8) is 0 Å². The number of hydrogen-bond donors (Lipinski definition) is 2. The first-order valence-corrected chi connectivity index (χ1v) is 12.8. The molecule has 0 radical (unpaired) electrons. The van der Waals surface area contributed by atoms with E-state index in [2.05, 4.69) is 10.0 Å². The highest BCUT2D eigenvalue weighted by atomic mass is 32.2. The van der Waals surface area contributed by atoms with E-state index in [1.165, 1.54) is 6.07 Å². The molecule has 1 unspecified atom stereocenters. The first-order chi connectivity index (χ1) is 16.7. The summed E-state index contributed by atoms with van der Waals surface area (Å²) in [7, 11) is -3.88. The van der Waals surface area contributed by atoms with Crippen LogP contribution in [-0.4, -0.2) is 14.3 Å². The molecule has 0 saturated carbocycles. The highest BCUT2D eigenvalue weighted by molar-refractivity contribution is 7.92. The number of hydrogen-bond acceptors (Lipinski definition) is 3. The van der Waals surface area contributed by atoms with Crippen LogP contribution in [0.5, 0.6) is 0 Å². The summed E-state index contributed by atoms with van der Waals surface area (Å²) >= 11 is 0. The van der Waals surface area contributed by atoms with E-state index in [1.807, 2.05) is 80.6 Å². The van der Waals surface area contributed by atoms with Crippen molar-refractivity contribution in [3.05, 3.63) is 130 Å². The largest absolute Gasteiger partial charge is 0.341 e. The summed E-state index contributed by atoms with van der Waals surface area (Å²) in [4.78, 5) is 13.4. The lowest BCUT2D eigenvalue weighted by atomic mass is 9.94. The molecule has 0 spiro atoms. The van der Waals surface area contributed by atoms with Gasteiger partial charge in [-0.15, -0.1) is 0 Å². The average Bonchev–Trinajstić information content (AvgIpc) is 2.85. The lowest BCUT2D eigenvalue weighted by Gasteiger charge is -2.22. The molecule has 178 valence electrons. The summed E-state index contributed by atoms with van der Waals surface area (Å²) in [5, 5.41) is 3.11. The van der Waals surface area contributed by atoms with Crippen molar-refractivity contribution < 1.29 is 13.2 Å². The van der Waals surface area contributed by atoms with Gasteiger partial charge in [0.1, 0.15) is 0 Å². The Morgan fingerprint density at radius 3 is 2.09 bits per heavy atom. The summed E-state index contributed by atoms with van der Waals surface area (Å²) < 4.78 is 28.9. The second-order valence-corrected chi connectivity index (χ2v) is 10.3. The lowest BCUT2D eigenvalue weighted by Crippen LogP contribution is -2.30. The number of carbonyl (C=O) groups excluding carboxylic acids is 1. The third kappa shape index (κ3) is 5.61. The molecule has 6 heteroatoms. The van der Waals surface area contributed by atoms with E-state index >= 15 is 0 Å². The molecule has 1 amide bonds. The molecule has 2 N–H and O–H groups in total. The monoisotopic (exact) mass is 484 g/mol. The summed E-state index contributed by atoms with van der Waals surface area (Å²) in [6.07, 6.45) is 0. The van der Waals surface area contributed by atoms with Crippen LogP contribution in [0.25, 0.3) is 0 Å². The van der Waals surface area contributed by atoms with Gasteiger partial charge in [-0.1, -0.05) is 78.4 Å². The van der Waals surface area contributed by atoms with Gasteiger partial charge < -0.3 is 5.32 Å². The van der Waals surface area contributed by atoms with E-state index in [-0.39, 0.29) is 22.4 Å². The molecule has 0 fully saturated rings. The van der Waals surface area contributed by atoms with Crippen molar-refractivity contribution in [2.45, 2.75) is 31.7 Å². The maximum Gasteiger partial charge on any atom is 0.262 e. The molecule has 0 heterocycles. The van der Waals surface area contributed by atoms with Crippen molar-refractivity contribution >= 4 is 21.6 Å². The zero-order valence-corrected chi connectivity index (χ0v) is 20.8. The molecule has 0 bridgehead atoms. The van der Waals surface area contributed by atoms with Crippen molar-refractivity contribution in [1.82, 2.24) is 5.32 Å². The van der Waals surface area contributed by atoms with Gasteiger partial charge in [-0.25, -0.2) is 8.42 Å². The van der Waals surface area contributed by atoms with E-state index in [0.717, 1.165) is 22.3 Å². The van der Waals surface area contributed by atoms with Crippen molar-refractivity contribution in [2.24, 2.45) is 0 Å². The van der Waals surface area contributed by atoms with Crippen LogP contribution < -0.4 is 10.0 Å². The summed E-state index contributed by atoms with van der Waals surface area (Å²) in [5.41, 5.74) is 5.30.